The van der Waals surface area contributed by atoms with Crippen LogP contribution in [-0.2, 0) is 5.75 Å². The van der Waals surface area contributed by atoms with Crippen molar-refractivity contribution in [2.24, 2.45) is 0 Å². The van der Waals surface area contributed by atoms with Gasteiger partial charge in [-0.15, -0.1) is 34.4 Å². The Labute approximate surface area is 141 Å². The fourth-order valence-corrected chi connectivity index (χ4v) is 4.38. The van der Waals surface area contributed by atoms with Crippen molar-refractivity contribution < 1.29 is 4.79 Å². The van der Waals surface area contributed by atoms with Crippen molar-refractivity contribution in [1.82, 2.24) is 4.98 Å². The van der Waals surface area contributed by atoms with Crippen LogP contribution in [-0.4, -0.2) is 10.9 Å². The van der Waals surface area contributed by atoms with Crippen molar-refractivity contribution in [3.8, 4) is 0 Å². The van der Waals surface area contributed by atoms with Gasteiger partial charge in [-0.2, -0.15) is 0 Å². The standard InChI is InChI=1S/C16H14N2OS3/c1-11-9-17-16(22-11)18-15(19)13-6-2-3-7-14(13)21-10-12-5-4-8-20-12/h2-9H,10H2,1H3,(H,17,18,19). The molecule has 0 bridgehead atoms. The van der Waals surface area contributed by atoms with Gasteiger partial charge >= 0.3 is 0 Å². The Balaban J connectivity index is 1.73. The molecular weight excluding hydrogens is 332 g/mol. The monoisotopic (exact) mass is 346 g/mol. The minimum Gasteiger partial charge on any atom is -0.298 e. The Morgan fingerprint density at radius 3 is 2.86 bits per heavy atom. The van der Waals surface area contributed by atoms with Crippen LogP contribution in [0.2, 0.25) is 0 Å². The lowest BCUT2D eigenvalue weighted by Crippen LogP contribution is -2.12. The summed E-state index contributed by atoms with van der Waals surface area (Å²) >= 11 is 4.89. The minimum atomic E-state index is -0.108. The third-order valence-corrected chi connectivity index (χ3v) is 5.93. The summed E-state index contributed by atoms with van der Waals surface area (Å²) in [7, 11) is 0. The molecule has 112 valence electrons. The number of hydrogen-bond acceptors (Lipinski definition) is 5. The van der Waals surface area contributed by atoms with E-state index in [2.05, 4.69) is 21.7 Å². The number of anilines is 1. The maximum Gasteiger partial charge on any atom is 0.258 e. The number of aromatic nitrogens is 1. The Bertz CT molecular complexity index is 765. The van der Waals surface area contributed by atoms with Crippen molar-refractivity contribution in [3.05, 3.63) is 63.3 Å². The van der Waals surface area contributed by atoms with Crippen LogP contribution >= 0.6 is 34.4 Å². The van der Waals surface area contributed by atoms with Gasteiger partial charge in [-0.05, 0) is 30.5 Å². The van der Waals surface area contributed by atoms with Gasteiger partial charge in [-0.25, -0.2) is 4.98 Å². The number of thioether (sulfide) groups is 1. The SMILES string of the molecule is Cc1cnc(NC(=O)c2ccccc2SCc2cccs2)s1. The summed E-state index contributed by atoms with van der Waals surface area (Å²) in [5.74, 6) is 0.766. The smallest absolute Gasteiger partial charge is 0.258 e. The molecule has 0 aliphatic rings. The largest absolute Gasteiger partial charge is 0.298 e. The van der Waals surface area contributed by atoms with E-state index in [1.165, 1.54) is 16.2 Å². The lowest BCUT2D eigenvalue weighted by Gasteiger charge is -2.08. The van der Waals surface area contributed by atoms with E-state index in [-0.39, 0.29) is 5.91 Å². The Morgan fingerprint density at radius 2 is 2.14 bits per heavy atom. The third kappa shape index (κ3) is 3.76. The molecule has 0 aliphatic heterocycles. The van der Waals surface area contributed by atoms with Crippen LogP contribution in [0.25, 0.3) is 0 Å². The van der Waals surface area contributed by atoms with Gasteiger partial charge in [0, 0.05) is 26.6 Å². The van der Waals surface area contributed by atoms with E-state index >= 15 is 0 Å². The van der Waals surface area contributed by atoms with Crippen LogP contribution in [0.5, 0.6) is 0 Å². The van der Waals surface area contributed by atoms with Gasteiger partial charge in [-0.3, -0.25) is 10.1 Å². The third-order valence-electron chi connectivity index (χ3n) is 2.92. The van der Waals surface area contributed by atoms with Crippen LogP contribution in [0.3, 0.4) is 0 Å². The number of carbonyl (C=O) groups excluding carboxylic acids is 1. The first-order valence-corrected chi connectivity index (χ1v) is 9.38. The molecular formula is C16H14N2OS3. The average molecular weight is 347 g/mol. The molecule has 0 radical (unpaired) electrons. The lowest BCUT2D eigenvalue weighted by atomic mass is 10.2. The number of thiophene rings is 1. The highest BCUT2D eigenvalue weighted by Crippen LogP contribution is 2.28. The Hall–Kier alpha value is -1.63. The molecule has 0 aliphatic carbocycles. The maximum absolute atomic E-state index is 12.5. The highest BCUT2D eigenvalue weighted by Gasteiger charge is 2.13. The second-order valence-electron chi connectivity index (χ2n) is 4.59. The minimum absolute atomic E-state index is 0.108. The molecule has 1 aromatic carbocycles. The first kappa shape index (κ1) is 15.3. The maximum atomic E-state index is 12.5. The second-order valence-corrected chi connectivity index (χ2v) is 7.88. The fraction of sp³-hybridized carbons (Fsp3) is 0.125. The van der Waals surface area contributed by atoms with Gasteiger partial charge in [-0.1, -0.05) is 18.2 Å². The summed E-state index contributed by atoms with van der Waals surface area (Å²) in [6.07, 6.45) is 1.76. The van der Waals surface area contributed by atoms with Gasteiger partial charge < -0.3 is 0 Å². The Morgan fingerprint density at radius 1 is 1.27 bits per heavy atom. The molecule has 3 rings (SSSR count). The predicted octanol–water partition coefficient (Wildman–Crippen LogP) is 5.06. The van der Waals surface area contributed by atoms with Crippen LogP contribution in [0.15, 0.2) is 52.9 Å². The quantitative estimate of drug-likeness (QED) is 0.657. The number of hydrogen-bond donors (Lipinski definition) is 1. The zero-order valence-electron chi connectivity index (χ0n) is 11.9. The van der Waals surface area contributed by atoms with Crippen molar-refractivity contribution in [1.29, 1.82) is 0 Å². The molecule has 1 amide bonds. The molecule has 22 heavy (non-hydrogen) atoms. The number of benzene rings is 1. The summed E-state index contributed by atoms with van der Waals surface area (Å²) in [5.41, 5.74) is 0.692. The first-order valence-electron chi connectivity index (χ1n) is 6.70. The highest BCUT2D eigenvalue weighted by molar-refractivity contribution is 7.98. The molecule has 2 heterocycles. The molecule has 6 heteroatoms. The molecule has 3 nitrogen and oxygen atoms in total. The van der Waals surface area contributed by atoms with Crippen LogP contribution in [0.1, 0.15) is 20.1 Å². The van der Waals surface area contributed by atoms with Crippen molar-refractivity contribution in [2.45, 2.75) is 17.6 Å². The van der Waals surface area contributed by atoms with Crippen LogP contribution in [0, 0.1) is 6.92 Å². The molecule has 0 unspecified atom stereocenters. The summed E-state index contributed by atoms with van der Waals surface area (Å²) in [6, 6.07) is 11.8. The van der Waals surface area contributed by atoms with Crippen molar-refractivity contribution in [3.63, 3.8) is 0 Å². The number of rotatable bonds is 5. The molecule has 3 aromatic rings. The lowest BCUT2D eigenvalue weighted by molar-refractivity contribution is 0.102. The second kappa shape index (κ2) is 7.09. The number of thiazole rings is 1. The van der Waals surface area contributed by atoms with E-state index in [9.17, 15) is 4.79 Å². The first-order chi connectivity index (χ1) is 10.7. The number of nitrogens with zero attached hydrogens (tertiary/aromatic N) is 1. The van der Waals surface area contributed by atoms with E-state index < -0.39 is 0 Å². The molecule has 2 aromatic heterocycles. The molecule has 1 N–H and O–H groups in total. The van der Waals surface area contributed by atoms with Gasteiger partial charge in [0.15, 0.2) is 5.13 Å². The molecule has 0 spiro atoms. The Kier molecular flexibility index (Phi) is 4.92. The van der Waals surface area contributed by atoms with Gasteiger partial charge in [0.1, 0.15) is 0 Å². The topological polar surface area (TPSA) is 42.0 Å². The normalized spacial score (nSPS) is 10.6. The highest BCUT2D eigenvalue weighted by atomic mass is 32.2. The molecule has 0 fully saturated rings. The van der Waals surface area contributed by atoms with E-state index in [1.54, 1.807) is 29.3 Å². The van der Waals surface area contributed by atoms with Gasteiger partial charge in [0.05, 0.1) is 5.56 Å². The summed E-state index contributed by atoms with van der Waals surface area (Å²) in [4.78, 5) is 20.0. The van der Waals surface area contributed by atoms with E-state index in [1.807, 2.05) is 37.3 Å². The van der Waals surface area contributed by atoms with Crippen LogP contribution < -0.4 is 5.32 Å². The summed E-state index contributed by atoms with van der Waals surface area (Å²) < 4.78 is 0. The molecule has 0 saturated carbocycles. The fourth-order valence-electron chi connectivity index (χ4n) is 1.90. The van der Waals surface area contributed by atoms with Crippen LogP contribution in [0.4, 0.5) is 5.13 Å². The van der Waals surface area contributed by atoms with Crippen molar-refractivity contribution in [2.75, 3.05) is 5.32 Å². The number of nitrogens with one attached hydrogen (secondary N) is 1. The van der Waals surface area contributed by atoms with Gasteiger partial charge in [0.25, 0.3) is 5.91 Å². The van der Waals surface area contributed by atoms with E-state index in [0.717, 1.165) is 15.5 Å². The van der Waals surface area contributed by atoms with E-state index in [0.29, 0.717) is 10.7 Å². The predicted molar refractivity (Wildman–Crippen MR) is 95.1 cm³/mol. The zero-order chi connectivity index (χ0) is 15.4. The number of amides is 1. The van der Waals surface area contributed by atoms with Crippen molar-refractivity contribution >= 4 is 45.5 Å². The zero-order valence-corrected chi connectivity index (χ0v) is 14.4. The number of aryl methyl sites for hydroxylation is 1. The van der Waals surface area contributed by atoms with E-state index in [4.69, 9.17) is 0 Å². The number of carbonyl (C=O) groups is 1. The summed E-state index contributed by atoms with van der Waals surface area (Å²) in [5, 5.41) is 5.58. The summed E-state index contributed by atoms with van der Waals surface area (Å²) in [6.45, 7) is 1.97. The average Bonchev–Trinajstić information content (AvgIpc) is 3.17. The van der Waals surface area contributed by atoms with Gasteiger partial charge in [0.2, 0.25) is 0 Å². The molecule has 0 saturated heterocycles. The molecule has 0 atom stereocenters.